The van der Waals surface area contributed by atoms with Crippen LogP contribution in [-0.4, -0.2) is 23.4 Å². The van der Waals surface area contributed by atoms with Crippen LogP contribution in [0, 0.1) is 0 Å². The molecule has 0 spiro atoms. The fraction of sp³-hybridized carbons (Fsp3) is 0.800. The first kappa shape index (κ1) is 12.0. The minimum absolute atomic E-state index is 0.310. The van der Waals surface area contributed by atoms with Crippen molar-refractivity contribution < 1.29 is 9.59 Å². The first-order valence-electron chi connectivity index (χ1n) is 5.35. The molecule has 1 aliphatic carbocycles. The lowest BCUT2D eigenvalue weighted by molar-refractivity contribution is -0.133. The molecule has 1 saturated carbocycles. The number of rotatable bonds is 3. The summed E-state index contributed by atoms with van der Waals surface area (Å²) in [7, 11) is 0. The number of amides is 2. The molecule has 5 heteroatoms. The summed E-state index contributed by atoms with van der Waals surface area (Å²) >= 11 is 0. The first-order valence-corrected chi connectivity index (χ1v) is 5.35. The Morgan fingerprint density at radius 1 is 1.27 bits per heavy atom. The van der Waals surface area contributed by atoms with Crippen LogP contribution in [0.2, 0.25) is 0 Å². The summed E-state index contributed by atoms with van der Waals surface area (Å²) < 4.78 is 0. The summed E-state index contributed by atoms with van der Waals surface area (Å²) in [5, 5.41) is 2.69. The van der Waals surface area contributed by atoms with Gasteiger partial charge in [0.2, 0.25) is 11.8 Å². The second-order valence-corrected chi connectivity index (χ2v) is 4.28. The molecule has 86 valence electrons. The van der Waals surface area contributed by atoms with Crippen LogP contribution in [0.1, 0.15) is 39.0 Å². The Bertz CT molecular complexity index is 257. The second kappa shape index (κ2) is 4.61. The molecule has 1 rings (SSSR count). The number of carbonyl (C=O) groups excluding carboxylic acids is 2. The van der Waals surface area contributed by atoms with Crippen molar-refractivity contribution in [1.29, 1.82) is 0 Å². The van der Waals surface area contributed by atoms with Gasteiger partial charge in [-0.2, -0.15) is 0 Å². The Labute approximate surface area is 89.6 Å². The summed E-state index contributed by atoms with van der Waals surface area (Å²) in [6, 6.07) is -0.608. The maximum atomic E-state index is 11.5. The van der Waals surface area contributed by atoms with Gasteiger partial charge in [-0.1, -0.05) is 19.3 Å². The molecule has 1 aliphatic rings. The third kappa shape index (κ3) is 2.68. The molecular formula is C10H19N3O2. The smallest absolute Gasteiger partial charge is 0.243 e. The van der Waals surface area contributed by atoms with Crippen LogP contribution in [0.25, 0.3) is 0 Å². The molecule has 0 aromatic heterocycles. The molecule has 1 unspecified atom stereocenters. The Morgan fingerprint density at radius 3 is 2.20 bits per heavy atom. The van der Waals surface area contributed by atoms with Gasteiger partial charge in [0, 0.05) is 0 Å². The van der Waals surface area contributed by atoms with E-state index in [-0.39, 0.29) is 5.91 Å². The van der Waals surface area contributed by atoms with E-state index in [2.05, 4.69) is 5.32 Å². The van der Waals surface area contributed by atoms with Gasteiger partial charge in [-0.15, -0.1) is 0 Å². The highest BCUT2D eigenvalue weighted by atomic mass is 16.2. The van der Waals surface area contributed by atoms with Crippen molar-refractivity contribution in [3.05, 3.63) is 0 Å². The second-order valence-electron chi connectivity index (χ2n) is 4.28. The van der Waals surface area contributed by atoms with Crippen molar-refractivity contribution in [2.75, 3.05) is 0 Å². The van der Waals surface area contributed by atoms with E-state index in [1.54, 1.807) is 6.92 Å². The van der Waals surface area contributed by atoms with E-state index in [4.69, 9.17) is 11.5 Å². The zero-order valence-electron chi connectivity index (χ0n) is 9.08. The highest BCUT2D eigenvalue weighted by Gasteiger charge is 2.39. The molecule has 0 bridgehead atoms. The van der Waals surface area contributed by atoms with Gasteiger partial charge in [-0.25, -0.2) is 0 Å². The van der Waals surface area contributed by atoms with Crippen LogP contribution < -0.4 is 16.8 Å². The minimum Gasteiger partial charge on any atom is -0.368 e. The normalized spacial score (nSPS) is 21.7. The van der Waals surface area contributed by atoms with Crippen LogP contribution in [0.3, 0.4) is 0 Å². The van der Waals surface area contributed by atoms with E-state index >= 15 is 0 Å². The van der Waals surface area contributed by atoms with E-state index in [1.807, 2.05) is 0 Å². The van der Waals surface area contributed by atoms with E-state index < -0.39 is 17.5 Å². The highest BCUT2D eigenvalue weighted by molar-refractivity contribution is 5.92. The van der Waals surface area contributed by atoms with Crippen molar-refractivity contribution in [2.45, 2.75) is 50.6 Å². The zero-order valence-corrected chi connectivity index (χ0v) is 9.08. The number of hydrogen-bond donors (Lipinski definition) is 3. The maximum Gasteiger partial charge on any atom is 0.243 e. The van der Waals surface area contributed by atoms with Gasteiger partial charge in [0.15, 0.2) is 0 Å². The summed E-state index contributed by atoms with van der Waals surface area (Å²) in [6.45, 7) is 1.59. The summed E-state index contributed by atoms with van der Waals surface area (Å²) in [4.78, 5) is 22.9. The first-order chi connectivity index (χ1) is 6.98. The van der Waals surface area contributed by atoms with Crippen molar-refractivity contribution in [3.8, 4) is 0 Å². The fourth-order valence-corrected chi connectivity index (χ4v) is 1.94. The van der Waals surface area contributed by atoms with E-state index in [1.165, 1.54) is 0 Å². The maximum absolute atomic E-state index is 11.5. The average Bonchev–Trinajstić information content (AvgIpc) is 2.18. The van der Waals surface area contributed by atoms with Gasteiger partial charge in [0.05, 0.1) is 6.04 Å². The molecule has 15 heavy (non-hydrogen) atoms. The number of primary amides is 1. The molecule has 0 aliphatic heterocycles. The minimum atomic E-state index is -0.858. The number of nitrogens with two attached hydrogens (primary N) is 2. The highest BCUT2D eigenvalue weighted by Crippen LogP contribution is 2.27. The topological polar surface area (TPSA) is 98.2 Å². The van der Waals surface area contributed by atoms with Gasteiger partial charge in [-0.3, -0.25) is 9.59 Å². The number of nitrogens with one attached hydrogen (secondary N) is 1. The summed E-state index contributed by atoms with van der Waals surface area (Å²) in [5.74, 6) is -0.757. The van der Waals surface area contributed by atoms with E-state index in [9.17, 15) is 9.59 Å². The van der Waals surface area contributed by atoms with Crippen molar-refractivity contribution >= 4 is 11.8 Å². The monoisotopic (exact) mass is 213 g/mol. The van der Waals surface area contributed by atoms with Gasteiger partial charge >= 0.3 is 0 Å². The van der Waals surface area contributed by atoms with Crippen molar-refractivity contribution in [3.63, 3.8) is 0 Å². The van der Waals surface area contributed by atoms with Gasteiger partial charge < -0.3 is 16.8 Å². The van der Waals surface area contributed by atoms with Gasteiger partial charge in [0.25, 0.3) is 0 Å². The van der Waals surface area contributed by atoms with Gasteiger partial charge in [0.1, 0.15) is 5.54 Å². The van der Waals surface area contributed by atoms with E-state index in [0.29, 0.717) is 12.8 Å². The fourth-order valence-electron chi connectivity index (χ4n) is 1.94. The molecule has 1 atom stereocenters. The van der Waals surface area contributed by atoms with Crippen LogP contribution in [-0.2, 0) is 9.59 Å². The average molecular weight is 213 g/mol. The molecule has 0 heterocycles. The molecule has 0 saturated heterocycles. The lowest BCUT2D eigenvalue weighted by Crippen LogP contribution is -2.60. The summed E-state index contributed by atoms with van der Waals surface area (Å²) in [6.07, 6.45) is 4.18. The molecule has 0 radical (unpaired) electrons. The Hall–Kier alpha value is -1.10. The lowest BCUT2D eigenvalue weighted by Gasteiger charge is -2.35. The Morgan fingerprint density at radius 2 is 1.80 bits per heavy atom. The van der Waals surface area contributed by atoms with Gasteiger partial charge in [-0.05, 0) is 19.8 Å². The zero-order chi connectivity index (χ0) is 11.5. The molecule has 0 aromatic carbocycles. The van der Waals surface area contributed by atoms with Crippen LogP contribution in [0.4, 0.5) is 0 Å². The van der Waals surface area contributed by atoms with Crippen LogP contribution >= 0.6 is 0 Å². The third-order valence-electron chi connectivity index (χ3n) is 2.95. The van der Waals surface area contributed by atoms with Crippen LogP contribution in [0.5, 0.6) is 0 Å². The van der Waals surface area contributed by atoms with E-state index in [0.717, 1.165) is 19.3 Å². The Balaban J connectivity index is 2.73. The SMILES string of the molecule is CC(N)C(=O)NC1(C(N)=O)CCCCC1. The molecule has 0 aromatic rings. The molecule has 2 amide bonds. The van der Waals surface area contributed by atoms with Crippen molar-refractivity contribution in [1.82, 2.24) is 5.32 Å². The quantitative estimate of drug-likeness (QED) is 0.597. The molecule has 5 N–H and O–H groups in total. The largest absolute Gasteiger partial charge is 0.368 e. The molecule has 1 fully saturated rings. The summed E-state index contributed by atoms with van der Waals surface area (Å²) in [5.41, 5.74) is 9.95. The number of hydrogen-bond acceptors (Lipinski definition) is 3. The lowest BCUT2D eigenvalue weighted by atomic mass is 9.81. The van der Waals surface area contributed by atoms with Crippen molar-refractivity contribution in [2.24, 2.45) is 11.5 Å². The predicted molar refractivity (Wildman–Crippen MR) is 56.8 cm³/mol. The molecular weight excluding hydrogens is 194 g/mol. The standard InChI is InChI=1S/C10H19N3O2/c1-7(11)8(14)13-10(9(12)15)5-3-2-4-6-10/h7H,2-6,11H2,1H3,(H2,12,15)(H,13,14). The Kier molecular flexibility index (Phi) is 3.68. The number of carbonyl (C=O) groups is 2. The third-order valence-corrected chi connectivity index (χ3v) is 2.95. The predicted octanol–water partition coefficient (Wildman–Crippen LogP) is -0.362. The van der Waals surface area contributed by atoms with Crippen LogP contribution in [0.15, 0.2) is 0 Å². The molecule has 5 nitrogen and oxygen atoms in total.